The minimum Gasteiger partial charge on any atom is -0.395 e. The van der Waals surface area contributed by atoms with Gasteiger partial charge in [-0.25, -0.2) is 0 Å². The normalized spacial score (nSPS) is 17.2. The Kier molecular flexibility index (Phi) is 4.96. The standard InChI is InChI=1S/C14H22N2O2/c17-10-9-16(12-5-2-1-3-6-12)11-14(18)13-7-4-8-15-13/h4,7-8,12,15,17H,1-3,5-6,9-11H2. The molecule has 0 aliphatic heterocycles. The van der Waals surface area contributed by atoms with Gasteiger partial charge in [0.1, 0.15) is 0 Å². The second-order valence-corrected chi connectivity index (χ2v) is 4.99. The highest BCUT2D eigenvalue weighted by atomic mass is 16.3. The summed E-state index contributed by atoms with van der Waals surface area (Å²) in [5.41, 5.74) is 0.661. The van der Waals surface area contributed by atoms with Crippen molar-refractivity contribution < 1.29 is 9.90 Å². The first kappa shape index (κ1) is 13.3. The van der Waals surface area contributed by atoms with Crippen LogP contribution in [0.25, 0.3) is 0 Å². The van der Waals surface area contributed by atoms with Crippen molar-refractivity contribution in [1.29, 1.82) is 0 Å². The second-order valence-electron chi connectivity index (χ2n) is 4.99. The van der Waals surface area contributed by atoms with Crippen molar-refractivity contribution in [3.8, 4) is 0 Å². The maximum Gasteiger partial charge on any atom is 0.192 e. The molecule has 1 heterocycles. The molecule has 0 unspecified atom stereocenters. The third kappa shape index (κ3) is 3.43. The van der Waals surface area contributed by atoms with E-state index in [1.54, 1.807) is 12.3 Å². The van der Waals surface area contributed by atoms with Crippen LogP contribution in [0.4, 0.5) is 0 Å². The fourth-order valence-electron chi connectivity index (χ4n) is 2.74. The van der Waals surface area contributed by atoms with Gasteiger partial charge in [-0.1, -0.05) is 19.3 Å². The number of rotatable bonds is 6. The number of aliphatic hydroxyl groups excluding tert-OH is 1. The molecule has 0 radical (unpaired) electrons. The summed E-state index contributed by atoms with van der Waals surface area (Å²) in [6, 6.07) is 4.11. The van der Waals surface area contributed by atoms with Crippen LogP contribution in [0.15, 0.2) is 18.3 Å². The van der Waals surface area contributed by atoms with Crippen molar-refractivity contribution in [1.82, 2.24) is 9.88 Å². The summed E-state index contributed by atoms with van der Waals surface area (Å²) >= 11 is 0. The molecule has 4 nitrogen and oxygen atoms in total. The summed E-state index contributed by atoms with van der Waals surface area (Å²) < 4.78 is 0. The Labute approximate surface area is 108 Å². The van der Waals surface area contributed by atoms with Gasteiger partial charge < -0.3 is 10.1 Å². The Morgan fingerprint density at radius 3 is 2.78 bits per heavy atom. The summed E-state index contributed by atoms with van der Waals surface area (Å²) in [6.45, 7) is 1.12. The fourth-order valence-corrected chi connectivity index (χ4v) is 2.74. The monoisotopic (exact) mass is 250 g/mol. The van der Waals surface area contributed by atoms with Crippen molar-refractivity contribution in [2.24, 2.45) is 0 Å². The van der Waals surface area contributed by atoms with Crippen LogP contribution < -0.4 is 0 Å². The van der Waals surface area contributed by atoms with Crippen molar-refractivity contribution >= 4 is 5.78 Å². The predicted octanol–water partition coefficient (Wildman–Crippen LogP) is 1.82. The summed E-state index contributed by atoms with van der Waals surface area (Å²) in [5.74, 6) is 0.110. The molecule has 0 amide bonds. The molecule has 1 aliphatic carbocycles. The SMILES string of the molecule is O=C(CN(CCO)C1CCCCC1)c1ccc[nH]1. The van der Waals surface area contributed by atoms with Crippen LogP contribution >= 0.6 is 0 Å². The lowest BCUT2D eigenvalue weighted by molar-refractivity contribution is 0.0811. The third-order valence-corrected chi connectivity index (χ3v) is 3.72. The van der Waals surface area contributed by atoms with Gasteiger partial charge in [-0.3, -0.25) is 9.69 Å². The maximum atomic E-state index is 12.1. The lowest BCUT2D eigenvalue weighted by Crippen LogP contribution is -2.42. The first-order valence-corrected chi connectivity index (χ1v) is 6.83. The van der Waals surface area contributed by atoms with Gasteiger partial charge in [-0.05, 0) is 25.0 Å². The van der Waals surface area contributed by atoms with Gasteiger partial charge in [-0.2, -0.15) is 0 Å². The molecule has 1 aliphatic rings. The molecular weight excluding hydrogens is 228 g/mol. The van der Waals surface area contributed by atoms with Gasteiger partial charge in [-0.15, -0.1) is 0 Å². The van der Waals surface area contributed by atoms with E-state index in [9.17, 15) is 4.79 Å². The number of aromatic nitrogens is 1. The molecular formula is C14H22N2O2. The highest BCUT2D eigenvalue weighted by Crippen LogP contribution is 2.22. The van der Waals surface area contributed by atoms with Crippen LogP contribution in [0.2, 0.25) is 0 Å². The van der Waals surface area contributed by atoms with Gasteiger partial charge >= 0.3 is 0 Å². The molecule has 1 saturated carbocycles. The van der Waals surface area contributed by atoms with E-state index in [0.29, 0.717) is 24.8 Å². The molecule has 0 spiro atoms. The number of carbonyl (C=O) groups is 1. The van der Waals surface area contributed by atoms with E-state index in [1.165, 1.54) is 19.3 Å². The van der Waals surface area contributed by atoms with Crippen molar-refractivity contribution in [2.45, 2.75) is 38.1 Å². The molecule has 2 rings (SSSR count). The van der Waals surface area contributed by atoms with Crippen molar-refractivity contribution in [3.63, 3.8) is 0 Å². The zero-order valence-electron chi connectivity index (χ0n) is 10.8. The van der Waals surface area contributed by atoms with Crippen LogP contribution in [-0.4, -0.2) is 46.5 Å². The van der Waals surface area contributed by atoms with Gasteiger partial charge in [0.05, 0.1) is 18.8 Å². The van der Waals surface area contributed by atoms with Crippen molar-refractivity contribution in [3.05, 3.63) is 24.0 Å². The number of ketones is 1. The molecule has 0 aromatic carbocycles. The molecule has 0 bridgehead atoms. The Hall–Kier alpha value is -1.13. The molecule has 0 saturated heterocycles. The van der Waals surface area contributed by atoms with E-state index < -0.39 is 0 Å². The molecule has 18 heavy (non-hydrogen) atoms. The van der Waals surface area contributed by atoms with Crippen LogP contribution in [-0.2, 0) is 0 Å². The number of aliphatic hydroxyl groups is 1. The van der Waals surface area contributed by atoms with Crippen LogP contribution in [0.1, 0.15) is 42.6 Å². The summed E-state index contributed by atoms with van der Waals surface area (Å²) in [7, 11) is 0. The average Bonchev–Trinajstić information content (AvgIpc) is 2.93. The molecule has 4 heteroatoms. The number of hydrogen-bond acceptors (Lipinski definition) is 3. The minimum absolute atomic E-state index is 0.110. The molecule has 1 aromatic rings. The Morgan fingerprint density at radius 2 is 2.17 bits per heavy atom. The molecule has 1 fully saturated rings. The number of hydrogen-bond donors (Lipinski definition) is 2. The third-order valence-electron chi connectivity index (χ3n) is 3.72. The van der Waals surface area contributed by atoms with Gasteiger partial charge in [0, 0.05) is 18.8 Å². The highest BCUT2D eigenvalue weighted by Gasteiger charge is 2.23. The lowest BCUT2D eigenvalue weighted by atomic mass is 9.94. The Balaban J connectivity index is 1.94. The summed E-state index contributed by atoms with van der Waals surface area (Å²) in [6.07, 6.45) is 7.85. The van der Waals surface area contributed by atoms with Gasteiger partial charge in [0.25, 0.3) is 0 Å². The second kappa shape index (κ2) is 6.71. The quantitative estimate of drug-likeness (QED) is 0.757. The van der Waals surface area contributed by atoms with Gasteiger partial charge in [0.15, 0.2) is 5.78 Å². The van der Waals surface area contributed by atoms with E-state index >= 15 is 0 Å². The number of nitrogens with one attached hydrogen (secondary N) is 1. The smallest absolute Gasteiger partial charge is 0.192 e. The van der Waals surface area contributed by atoms with Crippen molar-refractivity contribution in [2.75, 3.05) is 19.7 Å². The van der Waals surface area contributed by atoms with E-state index in [0.717, 1.165) is 12.8 Å². The zero-order valence-corrected chi connectivity index (χ0v) is 10.8. The van der Waals surface area contributed by atoms with Crippen LogP contribution in [0, 0.1) is 0 Å². The number of Topliss-reactive ketones (excluding diaryl/α,β-unsaturated/α-hetero) is 1. The summed E-state index contributed by atoms with van der Waals surface area (Å²) in [5, 5.41) is 9.15. The average molecular weight is 250 g/mol. The summed E-state index contributed by atoms with van der Waals surface area (Å²) in [4.78, 5) is 17.2. The Bertz CT molecular complexity index is 356. The predicted molar refractivity (Wildman–Crippen MR) is 70.7 cm³/mol. The number of aromatic amines is 1. The maximum absolute atomic E-state index is 12.1. The van der Waals surface area contributed by atoms with Crippen LogP contribution in [0.5, 0.6) is 0 Å². The molecule has 0 atom stereocenters. The first-order chi connectivity index (χ1) is 8.81. The van der Waals surface area contributed by atoms with E-state index in [-0.39, 0.29) is 12.4 Å². The number of carbonyl (C=O) groups excluding carboxylic acids is 1. The van der Waals surface area contributed by atoms with Crippen LogP contribution in [0.3, 0.4) is 0 Å². The van der Waals surface area contributed by atoms with E-state index in [4.69, 9.17) is 5.11 Å². The first-order valence-electron chi connectivity index (χ1n) is 6.83. The zero-order chi connectivity index (χ0) is 12.8. The largest absolute Gasteiger partial charge is 0.395 e. The fraction of sp³-hybridized carbons (Fsp3) is 0.643. The van der Waals surface area contributed by atoms with E-state index in [2.05, 4.69) is 9.88 Å². The lowest BCUT2D eigenvalue weighted by Gasteiger charge is -2.33. The molecule has 2 N–H and O–H groups in total. The van der Waals surface area contributed by atoms with Gasteiger partial charge in [0.2, 0.25) is 0 Å². The Morgan fingerprint density at radius 1 is 1.39 bits per heavy atom. The highest BCUT2D eigenvalue weighted by molar-refractivity contribution is 5.95. The minimum atomic E-state index is 0.110. The number of H-pyrrole nitrogens is 1. The topological polar surface area (TPSA) is 56.3 Å². The molecule has 100 valence electrons. The molecule has 1 aromatic heterocycles. The number of nitrogens with zero attached hydrogens (tertiary/aromatic N) is 1. The van der Waals surface area contributed by atoms with E-state index in [1.807, 2.05) is 6.07 Å².